The average molecular weight is 235 g/mol. The minimum Gasteiger partial charge on any atom is -0.507 e. The number of benzene rings is 1. The summed E-state index contributed by atoms with van der Waals surface area (Å²) in [6.07, 6.45) is 0. The minimum absolute atomic E-state index is 0.0311. The van der Waals surface area contributed by atoms with Gasteiger partial charge in [-0.3, -0.25) is 9.59 Å². The molecule has 0 radical (unpaired) electrons. The van der Waals surface area contributed by atoms with Crippen LogP contribution in [0.1, 0.15) is 31.1 Å². The molecule has 0 heterocycles. The first-order chi connectivity index (χ1) is 7.82. The fourth-order valence-electron chi connectivity index (χ4n) is 1.19. The van der Waals surface area contributed by atoms with Gasteiger partial charge in [-0.25, -0.2) is 0 Å². The van der Waals surface area contributed by atoms with Crippen LogP contribution in [0.3, 0.4) is 0 Å². The van der Waals surface area contributed by atoms with Crippen molar-refractivity contribution in [2.24, 2.45) is 5.41 Å². The number of phenols is 1. The smallest absolute Gasteiger partial charge is 0.255 e. The summed E-state index contributed by atoms with van der Waals surface area (Å²) in [7, 11) is 0. The zero-order chi connectivity index (χ0) is 13.1. The summed E-state index contributed by atoms with van der Waals surface area (Å²) in [4.78, 5) is 23.3. The SMILES string of the molecule is CC(C)(C)C(=O)CNC(=O)c1ccccc1O. The summed E-state index contributed by atoms with van der Waals surface area (Å²) in [6, 6.07) is 6.22. The fraction of sp³-hybridized carbons (Fsp3) is 0.385. The molecule has 0 aliphatic rings. The van der Waals surface area contributed by atoms with Gasteiger partial charge in [0.2, 0.25) is 0 Å². The van der Waals surface area contributed by atoms with Crippen LogP contribution in [0.15, 0.2) is 24.3 Å². The lowest BCUT2D eigenvalue weighted by Gasteiger charge is -2.16. The zero-order valence-corrected chi connectivity index (χ0v) is 10.3. The van der Waals surface area contributed by atoms with Crippen LogP contribution in [0.5, 0.6) is 5.75 Å². The van der Waals surface area contributed by atoms with Crippen molar-refractivity contribution in [3.8, 4) is 5.75 Å². The number of Topliss-reactive ketones (excluding diaryl/α,β-unsaturated/α-hetero) is 1. The third kappa shape index (κ3) is 3.59. The van der Waals surface area contributed by atoms with E-state index in [1.807, 2.05) is 0 Å². The summed E-state index contributed by atoms with van der Waals surface area (Å²) in [5.74, 6) is -0.588. The van der Waals surface area contributed by atoms with Crippen LogP contribution in [0.2, 0.25) is 0 Å². The molecule has 92 valence electrons. The Balaban J connectivity index is 2.63. The van der Waals surface area contributed by atoms with E-state index in [1.165, 1.54) is 12.1 Å². The molecule has 0 aliphatic carbocycles. The second-order valence-corrected chi connectivity index (χ2v) is 4.87. The molecular formula is C13H17NO3. The molecular weight excluding hydrogens is 218 g/mol. The predicted octanol–water partition coefficient (Wildman–Crippen LogP) is 1.74. The first-order valence-electron chi connectivity index (χ1n) is 5.42. The monoisotopic (exact) mass is 235 g/mol. The van der Waals surface area contributed by atoms with Crippen molar-refractivity contribution in [1.82, 2.24) is 5.32 Å². The van der Waals surface area contributed by atoms with Crippen LogP contribution in [0.4, 0.5) is 0 Å². The van der Waals surface area contributed by atoms with Crippen LogP contribution < -0.4 is 5.32 Å². The molecule has 1 aromatic carbocycles. The van der Waals surface area contributed by atoms with Gasteiger partial charge in [-0.05, 0) is 12.1 Å². The predicted molar refractivity (Wildman–Crippen MR) is 64.9 cm³/mol. The number of hydrogen-bond acceptors (Lipinski definition) is 3. The summed E-state index contributed by atoms with van der Waals surface area (Å²) < 4.78 is 0. The quantitative estimate of drug-likeness (QED) is 0.838. The highest BCUT2D eigenvalue weighted by molar-refractivity contribution is 5.99. The summed E-state index contributed by atoms with van der Waals surface area (Å²) in [5, 5.41) is 12.0. The lowest BCUT2D eigenvalue weighted by atomic mass is 9.91. The van der Waals surface area contributed by atoms with Crippen molar-refractivity contribution in [2.45, 2.75) is 20.8 Å². The molecule has 17 heavy (non-hydrogen) atoms. The molecule has 1 rings (SSSR count). The number of nitrogens with one attached hydrogen (secondary N) is 1. The highest BCUT2D eigenvalue weighted by atomic mass is 16.3. The number of aromatic hydroxyl groups is 1. The summed E-state index contributed by atoms with van der Waals surface area (Å²) in [5.41, 5.74) is -0.305. The maximum absolute atomic E-state index is 11.7. The van der Waals surface area contributed by atoms with Crippen LogP contribution >= 0.6 is 0 Å². The van der Waals surface area contributed by atoms with E-state index in [9.17, 15) is 14.7 Å². The van der Waals surface area contributed by atoms with E-state index in [1.54, 1.807) is 32.9 Å². The van der Waals surface area contributed by atoms with Gasteiger partial charge in [0, 0.05) is 5.41 Å². The molecule has 0 aromatic heterocycles. The Morgan fingerprint density at radius 2 is 1.82 bits per heavy atom. The number of carbonyl (C=O) groups is 2. The van der Waals surface area contributed by atoms with Gasteiger partial charge >= 0.3 is 0 Å². The van der Waals surface area contributed by atoms with Gasteiger partial charge in [-0.15, -0.1) is 0 Å². The molecule has 2 N–H and O–H groups in total. The number of rotatable bonds is 3. The number of amides is 1. The Hall–Kier alpha value is -1.84. The molecule has 0 saturated carbocycles. The van der Waals surface area contributed by atoms with E-state index in [-0.39, 0.29) is 23.6 Å². The maximum Gasteiger partial charge on any atom is 0.255 e. The molecule has 0 fully saturated rings. The van der Waals surface area contributed by atoms with Gasteiger partial charge in [0.05, 0.1) is 12.1 Å². The Labute approximate surface area is 101 Å². The Morgan fingerprint density at radius 3 is 2.35 bits per heavy atom. The fourth-order valence-corrected chi connectivity index (χ4v) is 1.19. The third-order valence-electron chi connectivity index (χ3n) is 2.39. The first-order valence-corrected chi connectivity index (χ1v) is 5.42. The minimum atomic E-state index is -0.480. The molecule has 0 spiro atoms. The van der Waals surface area contributed by atoms with E-state index in [4.69, 9.17) is 0 Å². The normalized spacial score (nSPS) is 11.0. The molecule has 4 heteroatoms. The van der Waals surface area contributed by atoms with Crippen LogP contribution in [-0.4, -0.2) is 23.3 Å². The zero-order valence-electron chi connectivity index (χ0n) is 10.3. The largest absolute Gasteiger partial charge is 0.507 e. The Morgan fingerprint density at radius 1 is 1.24 bits per heavy atom. The van der Waals surface area contributed by atoms with E-state index in [0.717, 1.165) is 0 Å². The standard InChI is InChI=1S/C13H17NO3/c1-13(2,3)11(16)8-14-12(17)9-6-4-5-7-10(9)15/h4-7,15H,8H2,1-3H3,(H,14,17). The molecule has 0 unspecified atom stereocenters. The van der Waals surface area contributed by atoms with Gasteiger partial charge in [-0.1, -0.05) is 32.9 Å². The average Bonchev–Trinajstić information content (AvgIpc) is 2.24. The molecule has 4 nitrogen and oxygen atoms in total. The second kappa shape index (κ2) is 4.99. The van der Waals surface area contributed by atoms with E-state index >= 15 is 0 Å². The van der Waals surface area contributed by atoms with E-state index in [2.05, 4.69) is 5.32 Å². The maximum atomic E-state index is 11.7. The van der Waals surface area contributed by atoms with Crippen molar-refractivity contribution in [3.63, 3.8) is 0 Å². The van der Waals surface area contributed by atoms with Crippen LogP contribution in [0.25, 0.3) is 0 Å². The molecule has 1 amide bonds. The molecule has 0 atom stereocenters. The van der Waals surface area contributed by atoms with Gasteiger partial charge in [0.1, 0.15) is 5.75 Å². The lowest BCUT2D eigenvalue weighted by Crippen LogP contribution is -2.35. The Bertz CT molecular complexity index is 433. The van der Waals surface area contributed by atoms with E-state index in [0.29, 0.717) is 0 Å². The van der Waals surface area contributed by atoms with Crippen molar-refractivity contribution in [3.05, 3.63) is 29.8 Å². The van der Waals surface area contributed by atoms with Gasteiger partial charge in [0.25, 0.3) is 5.91 Å². The highest BCUT2D eigenvalue weighted by Crippen LogP contribution is 2.16. The summed E-state index contributed by atoms with van der Waals surface area (Å²) >= 11 is 0. The number of carbonyl (C=O) groups excluding carboxylic acids is 2. The van der Waals surface area contributed by atoms with E-state index < -0.39 is 11.3 Å². The molecule has 0 saturated heterocycles. The van der Waals surface area contributed by atoms with Crippen molar-refractivity contribution < 1.29 is 14.7 Å². The summed E-state index contributed by atoms with van der Waals surface area (Å²) in [6.45, 7) is 5.35. The number of phenolic OH excluding ortho intramolecular Hbond substituents is 1. The first kappa shape index (κ1) is 13.2. The van der Waals surface area contributed by atoms with Crippen LogP contribution in [0, 0.1) is 5.41 Å². The van der Waals surface area contributed by atoms with Crippen molar-refractivity contribution in [2.75, 3.05) is 6.54 Å². The molecule has 0 aliphatic heterocycles. The van der Waals surface area contributed by atoms with Gasteiger partial charge < -0.3 is 10.4 Å². The second-order valence-electron chi connectivity index (χ2n) is 4.87. The number of para-hydroxylation sites is 1. The number of ketones is 1. The Kier molecular flexibility index (Phi) is 3.89. The van der Waals surface area contributed by atoms with Crippen molar-refractivity contribution in [1.29, 1.82) is 0 Å². The van der Waals surface area contributed by atoms with Gasteiger partial charge in [-0.2, -0.15) is 0 Å². The molecule has 1 aromatic rings. The topological polar surface area (TPSA) is 66.4 Å². The highest BCUT2D eigenvalue weighted by Gasteiger charge is 2.21. The third-order valence-corrected chi connectivity index (χ3v) is 2.39. The molecule has 0 bridgehead atoms. The van der Waals surface area contributed by atoms with Crippen LogP contribution in [-0.2, 0) is 4.79 Å². The van der Waals surface area contributed by atoms with Gasteiger partial charge in [0.15, 0.2) is 5.78 Å². The lowest BCUT2D eigenvalue weighted by molar-refractivity contribution is -0.125. The van der Waals surface area contributed by atoms with Crippen molar-refractivity contribution >= 4 is 11.7 Å². The number of hydrogen-bond donors (Lipinski definition) is 2.